The zero-order chi connectivity index (χ0) is 20.9. The van der Waals surface area contributed by atoms with E-state index in [1.165, 1.54) is 6.92 Å². The molecular formula is C21H31N3O4S. The predicted octanol–water partition coefficient (Wildman–Crippen LogP) is 1.78. The van der Waals surface area contributed by atoms with E-state index in [9.17, 15) is 18.0 Å². The number of carbonyl (C=O) groups excluding carboxylic acids is 2. The summed E-state index contributed by atoms with van der Waals surface area (Å²) in [4.78, 5) is 25.8. The monoisotopic (exact) mass is 421 g/mol. The Morgan fingerprint density at radius 2 is 1.62 bits per heavy atom. The minimum atomic E-state index is -3.44. The van der Waals surface area contributed by atoms with Gasteiger partial charge in [-0.2, -0.15) is 4.31 Å². The molecule has 2 fully saturated rings. The van der Waals surface area contributed by atoms with Crippen molar-refractivity contribution in [3.05, 3.63) is 29.8 Å². The molecule has 2 saturated heterocycles. The Labute approximate surface area is 173 Å². The first-order valence-electron chi connectivity index (χ1n) is 10.5. The average molecular weight is 422 g/mol. The third-order valence-corrected chi connectivity index (χ3v) is 7.75. The molecule has 2 aliphatic rings. The van der Waals surface area contributed by atoms with Crippen molar-refractivity contribution >= 4 is 21.8 Å². The highest BCUT2D eigenvalue weighted by atomic mass is 32.2. The second-order valence-electron chi connectivity index (χ2n) is 8.05. The molecule has 0 radical (unpaired) electrons. The summed E-state index contributed by atoms with van der Waals surface area (Å²) in [6, 6.07) is 6.73. The van der Waals surface area contributed by atoms with Crippen LogP contribution in [0.15, 0.2) is 29.2 Å². The molecule has 0 unspecified atom stereocenters. The van der Waals surface area contributed by atoms with Crippen LogP contribution in [0.2, 0.25) is 0 Å². The molecule has 3 rings (SSSR count). The summed E-state index contributed by atoms with van der Waals surface area (Å²) < 4.78 is 27.0. The van der Waals surface area contributed by atoms with Crippen LogP contribution in [0.4, 0.5) is 0 Å². The number of amides is 2. The van der Waals surface area contributed by atoms with Gasteiger partial charge >= 0.3 is 0 Å². The standard InChI is InChI=1S/C21H31N3O4S/c1-17(25)22-16-19-9-13-23(14-10-19)21(26)15-18-5-7-20(8-6-18)29(27,28)24-11-3-2-4-12-24/h5-8,19H,2-4,9-16H2,1H3,(H,22,25). The molecule has 160 valence electrons. The Hall–Kier alpha value is -1.93. The lowest BCUT2D eigenvalue weighted by atomic mass is 9.96. The largest absolute Gasteiger partial charge is 0.356 e. The molecule has 0 saturated carbocycles. The molecule has 1 aromatic carbocycles. The minimum Gasteiger partial charge on any atom is -0.356 e. The number of rotatable bonds is 6. The molecule has 8 heteroatoms. The van der Waals surface area contributed by atoms with Gasteiger partial charge in [0.1, 0.15) is 0 Å². The molecule has 0 aliphatic carbocycles. The molecule has 29 heavy (non-hydrogen) atoms. The van der Waals surface area contributed by atoms with Crippen LogP contribution in [0.5, 0.6) is 0 Å². The molecule has 2 amide bonds. The van der Waals surface area contributed by atoms with Crippen molar-refractivity contribution in [2.45, 2.75) is 50.3 Å². The predicted molar refractivity (Wildman–Crippen MR) is 111 cm³/mol. The average Bonchev–Trinajstić information content (AvgIpc) is 2.73. The second kappa shape index (κ2) is 9.71. The molecule has 1 aromatic rings. The van der Waals surface area contributed by atoms with Crippen molar-refractivity contribution in [3.63, 3.8) is 0 Å². The molecule has 0 bridgehead atoms. The molecule has 2 heterocycles. The van der Waals surface area contributed by atoms with Gasteiger partial charge in [-0.1, -0.05) is 18.6 Å². The van der Waals surface area contributed by atoms with E-state index in [4.69, 9.17) is 0 Å². The molecule has 0 atom stereocenters. The Bertz CT molecular complexity index is 809. The summed E-state index contributed by atoms with van der Waals surface area (Å²) >= 11 is 0. The fourth-order valence-electron chi connectivity index (χ4n) is 3.99. The maximum atomic E-state index is 12.7. The number of piperidine rings is 2. The van der Waals surface area contributed by atoms with E-state index in [1.807, 2.05) is 4.90 Å². The van der Waals surface area contributed by atoms with Crippen LogP contribution in [-0.2, 0) is 26.0 Å². The van der Waals surface area contributed by atoms with Gasteiger partial charge in [0.2, 0.25) is 21.8 Å². The lowest BCUT2D eigenvalue weighted by molar-refractivity contribution is -0.132. The quantitative estimate of drug-likeness (QED) is 0.759. The third kappa shape index (κ3) is 5.79. The highest BCUT2D eigenvalue weighted by molar-refractivity contribution is 7.89. The summed E-state index contributed by atoms with van der Waals surface area (Å²) in [5.41, 5.74) is 0.827. The van der Waals surface area contributed by atoms with Gasteiger partial charge in [0.05, 0.1) is 11.3 Å². The number of benzene rings is 1. The number of likely N-dealkylation sites (tertiary alicyclic amines) is 1. The highest BCUT2D eigenvalue weighted by Crippen LogP contribution is 2.22. The number of carbonyl (C=O) groups is 2. The minimum absolute atomic E-state index is 0.0192. The molecule has 2 aliphatic heterocycles. The fraction of sp³-hybridized carbons (Fsp3) is 0.619. The van der Waals surface area contributed by atoms with E-state index in [0.29, 0.717) is 43.5 Å². The number of sulfonamides is 1. The van der Waals surface area contributed by atoms with Crippen LogP contribution in [0, 0.1) is 5.92 Å². The molecule has 1 N–H and O–H groups in total. The maximum absolute atomic E-state index is 12.7. The topological polar surface area (TPSA) is 86.8 Å². The summed E-state index contributed by atoms with van der Waals surface area (Å²) in [5.74, 6) is 0.464. The van der Waals surface area contributed by atoms with Gasteiger partial charge in [-0.15, -0.1) is 0 Å². The van der Waals surface area contributed by atoms with E-state index in [0.717, 1.165) is 37.7 Å². The highest BCUT2D eigenvalue weighted by Gasteiger charge is 2.26. The van der Waals surface area contributed by atoms with E-state index >= 15 is 0 Å². The van der Waals surface area contributed by atoms with Gasteiger partial charge < -0.3 is 10.2 Å². The first-order valence-corrected chi connectivity index (χ1v) is 11.9. The SMILES string of the molecule is CC(=O)NCC1CCN(C(=O)Cc2ccc(S(=O)(=O)N3CCCCC3)cc2)CC1. The van der Waals surface area contributed by atoms with Gasteiger partial charge in [-0.25, -0.2) is 8.42 Å². The lowest BCUT2D eigenvalue weighted by Gasteiger charge is -2.32. The van der Waals surface area contributed by atoms with E-state index in [2.05, 4.69) is 5.32 Å². The van der Waals surface area contributed by atoms with Crippen LogP contribution < -0.4 is 5.32 Å². The first kappa shape index (κ1) is 21.8. The van der Waals surface area contributed by atoms with Gasteiger partial charge in [-0.3, -0.25) is 9.59 Å². The van der Waals surface area contributed by atoms with Crippen molar-refractivity contribution in [2.75, 3.05) is 32.7 Å². The van der Waals surface area contributed by atoms with Crippen LogP contribution in [0.1, 0.15) is 44.6 Å². The van der Waals surface area contributed by atoms with Crippen LogP contribution in [0.3, 0.4) is 0 Å². The van der Waals surface area contributed by atoms with E-state index in [1.54, 1.807) is 28.6 Å². The van der Waals surface area contributed by atoms with Gasteiger partial charge in [0.15, 0.2) is 0 Å². The number of hydrogen-bond acceptors (Lipinski definition) is 4. The van der Waals surface area contributed by atoms with Gasteiger partial charge in [0, 0.05) is 39.6 Å². The normalized spacial score (nSPS) is 19.1. The van der Waals surface area contributed by atoms with Crippen molar-refractivity contribution in [3.8, 4) is 0 Å². The second-order valence-corrected chi connectivity index (χ2v) is 9.98. The van der Waals surface area contributed by atoms with E-state index in [-0.39, 0.29) is 18.2 Å². The molecular weight excluding hydrogens is 390 g/mol. The molecule has 7 nitrogen and oxygen atoms in total. The van der Waals surface area contributed by atoms with Crippen molar-refractivity contribution < 1.29 is 18.0 Å². The Balaban J connectivity index is 1.52. The number of nitrogens with one attached hydrogen (secondary N) is 1. The Kier molecular flexibility index (Phi) is 7.29. The fourth-order valence-corrected chi connectivity index (χ4v) is 5.51. The van der Waals surface area contributed by atoms with Gasteiger partial charge in [0.25, 0.3) is 0 Å². The first-order chi connectivity index (χ1) is 13.9. The van der Waals surface area contributed by atoms with Crippen molar-refractivity contribution in [2.24, 2.45) is 5.92 Å². The molecule has 0 aromatic heterocycles. The van der Waals surface area contributed by atoms with Crippen LogP contribution in [-0.4, -0.2) is 62.2 Å². The van der Waals surface area contributed by atoms with Crippen molar-refractivity contribution in [1.82, 2.24) is 14.5 Å². The summed E-state index contributed by atoms with van der Waals surface area (Å²) in [6.07, 6.45) is 4.96. The summed E-state index contributed by atoms with van der Waals surface area (Å²) in [6.45, 7) is 4.75. The van der Waals surface area contributed by atoms with E-state index < -0.39 is 10.0 Å². The Morgan fingerprint density at radius 3 is 2.21 bits per heavy atom. The van der Waals surface area contributed by atoms with Crippen molar-refractivity contribution in [1.29, 1.82) is 0 Å². The molecule has 0 spiro atoms. The van der Waals surface area contributed by atoms with Crippen LogP contribution >= 0.6 is 0 Å². The zero-order valence-electron chi connectivity index (χ0n) is 17.1. The van der Waals surface area contributed by atoms with Crippen LogP contribution in [0.25, 0.3) is 0 Å². The van der Waals surface area contributed by atoms with Gasteiger partial charge in [-0.05, 0) is 49.3 Å². The lowest BCUT2D eigenvalue weighted by Crippen LogP contribution is -2.41. The number of nitrogens with zero attached hydrogens (tertiary/aromatic N) is 2. The zero-order valence-corrected chi connectivity index (χ0v) is 17.9. The third-order valence-electron chi connectivity index (χ3n) is 5.84. The number of hydrogen-bond donors (Lipinski definition) is 1. The summed E-state index contributed by atoms with van der Waals surface area (Å²) in [7, 11) is -3.44. The summed E-state index contributed by atoms with van der Waals surface area (Å²) in [5, 5.41) is 2.85. The Morgan fingerprint density at radius 1 is 1.00 bits per heavy atom. The smallest absolute Gasteiger partial charge is 0.243 e. The maximum Gasteiger partial charge on any atom is 0.243 e.